The van der Waals surface area contributed by atoms with E-state index < -0.39 is 11.9 Å². The Morgan fingerprint density at radius 1 is 1.16 bits per heavy atom. The zero-order valence-corrected chi connectivity index (χ0v) is 13.6. The molecule has 1 heterocycles. The van der Waals surface area contributed by atoms with Gasteiger partial charge in [-0.2, -0.15) is 0 Å². The number of hydrogen-bond acceptors (Lipinski definition) is 3. The molecule has 0 fully saturated rings. The van der Waals surface area contributed by atoms with Crippen molar-refractivity contribution in [2.45, 2.75) is 19.9 Å². The molecule has 19 heavy (non-hydrogen) atoms. The lowest BCUT2D eigenvalue weighted by atomic mass is 10.0. The molecule has 1 aromatic heterocycles. The number of amides is 2. The predicted octanol–water partition coefficient (Wildman–Crippen LogP) is 3.21. The lowest BCUT2D eigenvalue weighted by Crippen LogP contribution is -2.48. The van der Waals surface area contributed by atoms with Gasteiger partial charge < -0.3 is 10.6 Å². The van der Waals surface area contributed by atoms with Gasteiger partial charge in [0.25, 0.3) is 5.91 Å². The summed E-state index contributed by atoms with van der Waals surface area (Å²) in [5.41, 5.74) is 0. The van der Waals surface area contributed by atoms with Crippen LogP contribution in [0.5, 0.6) is 0 Å². The third kappa shape index (κ3) is 3.75. The van der Waals surface area contributed by atoms with Crippen LogP contribution in [0.4, 0.5) is 0 Å². The van der Waals surface area contributed by atoms with Crippen LogP contribution in [0.25, 0.3) is 0 Å². The van der Waals surface area contributed by atoms with Gasteiger partial charge in [-0.25, -0.2) is 0 Å². The van der Waals surface area contributed by atoms with Gasteiger partial charge in [-0.15, -0.1) is 11.3 Å². The molecular formula is C11H13Cl3N2O2S. The molecule has 8 heteroatoms. The van der Waals surface area contributed by atoms with Crippen LogP contribution in [0.15, 0.2) is 0 Å². The van der Waals surface area contributed by atoms with E-state index in [4.69, 9.17) is 34.8 Å². The molecule has 1 rings (SSSR count). The summed E-state index contributed by atoms with van der Waals surface area (Å²) in [5.74, 6) is -0.798. The Morgan fingerprint density at radius 3 is 2.11 bits per heavy atom. The van der Waals surface area contributed by atoms with Gasteiger partial charge in [0.2, 0.25) is 5.91 Å². The highest BCUT2D eigenvalue weighted by molar-refractivity contribution is 7.19. The fourth-order valence-electron chi connectivity index (χ4n) is 1.41. The third-order valence-corrected chi connectivity index (χ3v) is 5.02. The molecule has 1 unspecified atom stereocenters. The maximum atomic E-state index is 12.1. The van der Waals surface area contributed by atoms with Crippen molar-refractivity contribution in [3.05, 3.63) is 19.3 Å². The van der Waals surface area contributed by atoms with Crippen molar-refractivity contribution in [3.63, 3.8) is 0 Å². The summed E-state index contributed by atoms with van der Waals surface area (Å²) in [7, 11) is 1.51. The van der Waals surface area contributed by atoms with Gasteiger partial charge in [0.1, 0.15) is 15.3 Å². The summed E-state index contributed by atoms with van der Waals surface area (Å²) in [6, 6.07) is -0.645. The van der Waals surface area contributed by atoms with Gasteiger partial charge in [0.15, 0.2) is 0 Å². The van der Waals surface area contributed by atoms with Gasteiger partial charge in [-0.1, -0.05) is 48.7 Å². The fourth-order valence-corrected chi connectivity index (χ4v) is 3.12. The molecule has 2 N–H and O–H groups in total. The minimum absolute atomic E-state index is 0.0615. The van der Waals surface area contributed by atoms with E-state index in [1.165, 1.54) is 7.05 Å². The number of carbonyl (C=O) groups excluding carboxylic acids is 2. The van der Waals surface area contributed by atoms with E-state index in [1.54, 1.807) is 0 Å². The Morgan fingerprint density at radius 2 is 1.74 bits per heavy atom. The van der Waals surface area contributed by atoms with Crippen LogP contribution in [0.2, 0.25) is 14.4 Å². The summed E-state index contributed by atoms with van der Waals surface area (Å²) in [6.07, 6.45) is 0. The molecular weight excluding hydrogens is 331 g/mol. The Labute approximate surface area is 130 Å². The number of halogens is 3. The maximum absolute atomic E-state index is 12.1. The molecule has 0 radical (unpaired) electrons. The highest BCUT2D eigenvalue weighted by Crippen LogP contribution is 2.40. The molecule has 106 valence electrons. The van der Waals surface area contributed by atoms with E-state index in [0.29, 0.717) is 0 Å². The molecule has 1 aromatic rings. The van der Waals surface area contributed by atoms with Gasteiger partial charge in [0.05, 0.1) is 10.0 Å². The number of likely N-dealkylation sites (N-methyl/N-ethyl adjacent to an activating group) is 1. The molecule has 2 amide bonds. The van der Waals surface area contributed by atoms with Gasteiger partial charge in [-0.3, -0.25) is 9.59 Å². The lowest BCUT2D eigenvalue weighted by Gasteiger charge is -2.20. The van der Waals surface area contributed by atoms with Gasteiger partial charge in [0, 0.05) is 7.05 Å². The molecule has 0 aliphatic heterocycles. The van der Waals surface area contributed by atoms with Crippen LogP contribution in [0.3, 0.4) is 0 Å². The van der Waals surface area contributed by atoms with Crippen molar-refractivity contribution in [3.8, 4) is 0 Å². The molecule has 0 aliphatic carbocycles. The van der Waals surface area contributed by atoms with E-state index in [9.17, 15) is 9.59 Å². The fraction of sp³-hybridized carbons (Fsp3) is 0.455. The molecule has 4 nitrogen and oxygen atoms in total. The second-order valence-corrected chi connectivity index (χ2v) is 6.52. The Bertz CT molecular complexity index is 502. The molecule has 0 aromatic carbocycles. The Balaban J connectivity index is 2.94. The zero-order chi connectivity index (χ0) is 14.7. The van der Waals surface area contributed by atoms with Crippen LogP contribution in [0.1, 0.15) is 23.5 Å². The minimum Gasteiger partial charge on any atom is -0.357 e. The average molecular weight is 344 g/mol. The number of rotatable bonds is 4. The quantitative estimate of drug-likeness (QED) is 0.882. The van der Waals surface area contributed by atoms with Crippen molar-refractivity contribution in [1.29, 1.82) is 0 Å². The number of nitrogens with one attached hydrogen (secondary N) is 2. The van der Waals surface area contributed by atoms with Crippen LogP contribution < -0.4 is 10.6 Å². The number of hydrogen-bond donors (Lipinski definition) is 2. The normalized spacial score (nSPS) is 12.4. The Kier molecular flexibility index (Phi) is 5.92. The van der Waals surface area contributed by atoms with E-state index in [-0.39, 0.29) is 31.1 Å². The highest BCUT2D eigenvalue weighted by Gasteiger charge is 2.26. The zero-order valence-electron chi connectivity index (χ0n) is 10.5. The molecule has 0 saturated heterocycles. The summed E-state index contributed by atoms with van der Waals surface area (Å²) < 4.78 is 0.248. The van der Waals surface area contributed by atoms with E-state index in [1.807, 2.05) is 13.8 Å². The second kappa shape index (κ2) is 6.79. The minimum atomic E-state index is -0.645. The third-order valence-electron chi connectivity index (χ3n) is 2.44. The van der Waals surface area contributed by atoms with Gasteiger partial charge >= 0.3 is 0 Å². The molecule has 0 saturated carbocycles. The van der Waals surface area contributed by atoms with Crippen molar-refractivity contribution in [2.24, 2.45) is 5.92 Å². The largest absolute Gasteiger partial charge is 0.357 e. The second-order valence-electron chi connectivity index (χ2n) is 4.14. The van der Waals surface area contributed by atoms with Crippen LogP contribution in [-0.2, 0) is 4.79 Å². The monoisotopic (exact) mass is 342 g/mol. The smallest absolute Gasteiger partial charge is 0.263 e. The van der Waals surface area contributed by atoms with E-state index in [2.05, 4.69) is 10.6 Å². The van der Waals surface area contributed by atoms with E-state index in [0.717, 1.165) is 11.3 Å². The van der Waals surface area contributed by atoms with Crippen LogP contribution >= 0.6 is 46.1 Å². The van der Waals surface area contributed by atoms with Gasteiger partial charge in [-0.05, 0) is 5.92 Å². The summed E-state index contributed by atoms with van der Waals surface area (Å²) >= 11 is 18.5. The molecule has 0 bridgehead atoms. The highest BCUT2D eigenvalue weighted by atomic mass is 35.5. The average Bonchev–Trinajstić information content (AvgIpc) is 2.62. The maximum Gasteiger partial charge on any atom is 0.263 e. The van der Waals surface area contributed by atoms with Crippen molar-refractivity contribution in [1.82, 2.24) is 10.6 Å². The van der Waals surface area contributed by atoms with E-state index >= 15 is 0 Å². The number of carbonyl (C=O) groups is 2. The number of thiophene rings is 1. The SMILES string of the molecule is CNC(=O)C(NC(=O)c1sc(Cl)c(Cl)c1Cl)C(C)C. The first-order valence-corrected chi connectivity index (χ1v) is 7.40. The summed E-state index contributed by atoms with van der Waals surface area (Å²) in [5, 5.41) is 5.38. The molecule has 0 spiro atoms. The topological polar surface area (TPSA) is 58.2 Å². The van der Waals surface area contributed by atoms with Crippen molar-refractivity contribution < 1.29 is 9.59 Å². The standard InChI is InChI=1S/C11H13Cl3N2O2S/c1-4(2)7(10(17)15-3)16-11(18)8-5(12)6(13)9(14)19-8/h4,7H,1-3H3,(H,15,17)(H,16,18). The summed E-state index contributed by atoms with van der Waals surface area (Å²) in [6.45, 7) is 3.66. The van der Waals surface area contributed by atoms with Crippen LogP contribution in [-0.4, -0.2) is 24.9 Å². The first kappa shape index (κ1) is 16.6. The van der Waals surface area contributed by atoms with Crippen molar-refractivity contribution >= 4 is 58.0 Å². The summed E-state index contributed by atoms with van der Waals surface area (Å²) in [4.78, 5) is 24.0. The molecule has 1 atom stereocenters. The first-order valence-electron chi connectivity index (χ1n) is 5.45. The molecule has 0 aliphatic rings. The van der Waals surface area contributed by atoms with Crippen LogP contribution in [0, 0.1) is 5.92 Å². The first-order chi connectivity index (χ1) is 8.79. The lowest BCUT2D eigenvalue weighted by molar-refractivity contribution is -0.123. The Hall–Kier alpha value is -0.490. The van der Waals surface area contributed by atoms with Crippen molar-refractivity contribution in [2.75, 3.05) is 7.05 Å². The predicted molar refractivity (Wildman–Crippen MR) is 79.5 cm³/mol.